The average Bonchev–Trinajstić information content (AvgIpc) is 2.90. The van der Waals surface area contributed by atoms with Gasteiger partial charge in [-0.1, -0.05) is 55.1 Å². The average molecular weight is 405 g/mol. The molecule has 1 heterocycles. The van der Waals surface area contributed by atoms with Crippen LogP contribution < -0.4 is 5.32 Å². The molecule has 2 aromatic carbocycles. The van der Waals surface area contributed by atoms with E-state index in [9.17, 15) is 14.4 Å². The molecular weight excluding hydrogens is 387 g/mol. The van der Waals surface area contributed by atoms with Gasteiger partial charge in [-0.3, -0.25) is 19.3 Å². The van der Waals surface area contributed by atoms with Crippen molar-refractivity contribution < 1.29 is 14.4 Å². The van der Waals surface area contributed by atoms with Crippen molar-refractivity contribution in [3.8, 4) is 0 Å². The van der Waals surface area contributed by atoms with Gasteiger partial charge in [-0.25, -0.2) is 0 Å². The number of hydrogen-bond acceptors (Lipinski definition) is 3. The number of nitrogens with zero attached hydrogens (tertiary/aromatic N) is 1. The molecule has 27 heavy (non-hydrogen) atoms. The zero-order valence-electron chi connectivity index (χ0n) is 14.7. The highest BCUT2D eigenvalue weighted by Gasteiger charge is 2.42. The summed E-state index contributed by atoms with van der Waals surface area (Å²) in [5.41, 5.74) is 0.974. The molecule has 0 aromatic heterocycles. The van der Waals surface area contributed by atoms with E-state index in [2.05, 4.69) is 5.32 Å². The summed E-state index contributed by atoms with van der Waals surface area (Å²) in [5.74, 6) is -1.38. The fourth-order valence-electron chi connectivity index (χ4n) is 3.08. The quantitative estimate of drug-likeness (QED) is 0.703. The summed E-state index contributed by atoms with van der Waals surface area (Å²) in [7, 11) is 0. The third-order valence-electron chi connectivity index (χ3n) is 4.46. The number of hydrogen-bond donors (Lipinski definition) is 1. The van der Waals surface area contributed by atoms with E-state index in [-0.39, 0.29) is 0 Å². The number of halogens is 2. The summed E-state index contributed by atoms with van der Waals surface area (Å²) in [5, 5.41) is 3.44. The number of benzene rings is 2. The zero-order chi connectivity index (χ0) is 19.6. The van der Waals surface area contributed by atoms with Crippen molar-refractivity contribution in [3.05, 3.63) is 63.6 Å². The number of anilines is 1. The molecular formula is C20H18Cl2N2O3. The van der Waals surface area contributed by atoms with E-state index in [1.54, 1.807) is 36.4 Å². The summed E-state index contributed by atoms with van der Waals surface area (Å²) < 4.78 is 0. The van der Waals surface area contributed by atoms with Gasteiger partial charge in [-0.2, -0.15) is 0 Å². The van der Waals surface area contributed by atoms with Crippen molar-refractivity contribution in [1.29, 1.82) is 0 Å². The van der Waals surface area contributed by atoms with Gasteiger partial charge in [0, 0.05) is 5.02 Å². The second kappa shape index (κ2) is 8.11. The number of rotatable bonds is 6. The molecule has 3 amide bonds. The van der Waals surface area contributed by atoms with E-state index in [1.165, 1.54) is 6.07 Å². The Bertz CT molecular complexity index is 879. The first-order valence-electron chi connectivity index (χ1n) is 8.67. The second-order valence-corrected chi connectivity index (χ2v) is 7.14. The lowest BCUT2D eigenvalue weighted by atomic mass is 10.1. The molecule has 1 N–H and O–H groups in total. The predicted molar refractivity (Wildman–Crippen MR) is 105 cm³/mol. The van der Waals surface area contributed by atoms with Gasteiger partial charge >= 0.3 is 0 Å². The smallest absolute Gasteiger partial charge is 0.262 e. The fraction of sp³-hybridized carbons (Fsp3) is 0.250. The highest BCUT2D eigenvalue weighted by Crippen LogP contribution is 2.29. The van der Waals surface area contributed by atoms with Crippen molar-refractivity contribution in [3.63, 3.8) is 0 Å². The van der Waals surface area contributed by atoms with Crippen LogP contribution in [-0.2, 0) is 4.79 Å². The Morgan fingerprint density at radius 3 is 2.30 bits per heavy atom. The van der Waals surface area contributed by atoms with Crippen molar-refractivity contribution in [2.45, 2.75) is 32.2 Å². The molecule has 0 fully saturated rings. The Balaban J connectivity index is 1.90. The van der Waals surface area contributed by atoms with Crippen LogP contribution in [0.2, 0.25) is 10.0 Å². The Hall–Kier alpha value is -2.37. The van der Waals surface area contributed by atoms with Crippen LogP contribution in [0.5, 0.6) is 0 Å². The maximum atomic E-state index is 13.0. The van der Waals surface area contributed by atoms with E-state index in [4.69, 9.17) is 23.2 Å². The van der Waals surface area contributed by atoms with Crippen molar-refractivity contribution in [2.24, 2.45) is 0 Å². The van der Waals surface area contributed by atoms with Crippen LogP contribution in [-0.4, -0.2) is 28.7 Å². The highest BCUT2D eigenvalue weighted by molar-refractivity contribution is 6.35. The first kappa shape index (κ1) is 19.4. The van der Waals surface area contributed by atoms with Crippen molar-refractivity contribution in [1.82, 2.24) is 4.90 Å². The van der Waals surface area contributed by atoms with Crippen molar-refractivity contribution >= 4 is 46.6 Å². The molecule has 1 atom stereocenters. The molecule has 2 aromatic rings. The minimum absolute atomic E-state index is 0.317. The first-order valence-corrected chi connectivity index (χ1v) is 9.42. The van der Waals surface area contributed by atoms with Gasteiger partial charge in [-0.05, 0) is 36.8 Å². The molecule has 140 valence electrons. The number of nitrogens with one attached hydrogen (secondary N) is 1. The lowest BCUT2D eigenvalue weighted by molar-refractivity contribution is -0.120. The molecule has 3 rings (SSSR count). The minimum Gasteiger partial charge on any atom is -0.323 e. The largest absolute Gasteiger partial charge is 0.323 e. The van der Waals surface area contributed by atoms with Gasteiger partial charge in [0.15, 0.2) is 0 Å². The molecule has 0 spiro atoms. The SMILES string of the molecule is CCCCC(C(=O)Nc1cc(Cl)ccc1Cl)N1C(=O)c2ccccc2C1=O. The molecule has 0 saturated carbocycles. The van der Waals surface area contributed by atoms with Gasteiger partial charge < -0.3 is 5.32 Å². The monoisotopic (exact) mass is 404 g/mol. The zero-order valence-corrected chi connectivity index (χ0v) is 16.2. The molecule has 0 bridgehead atoms. The van der Waals surface area contributed by atoms with Crippen LogP contribution >= 0.6 is 23.2 Å². The molecule has 0 saturated heterocycles. The lowest BCUT2D eigenvalue weighted by Crippen LogP contribution is -2.47. The number of unbranched alkanes of at least 4 members (excludes halogenated alkanes) is 1. The molecule has 0 radical (unpaired) electrons. The molecule has 5 nitrogen and oxygen atoms in total. The Morgan fingerprint density at radius 2 is 1.70 bits per heavy atom. The topological polar surface area (TPSA) is 66.5 Å². The van der Waals surface area contributed by atoms with Crippen LogP contribution in [0.25, 0.3) is 0 Å². The Kier molecular flexibility index (Phi) is 5.82. The summed E-state index contributed by atoms with van der Waals surface area (Å²) in [6.07, 6.45) is 1.88. The fourth-order valence-corrected chi connectivity index (χ4v) is 3.41. The van der Waals surface area contributed by atoms with E-state index in [1.807, 2.05) is 6.92 Å². The third kappa shape index (κ3) is 3.84. The molecule has 1 unspecified atom stereocenters. The normalized spacial score (nSPS) is 14.3. The summed E-state index contributed by atoms with van der Waals surface area (Å²) >= 11 is 12.1. The minimum atomic E-state index is -0.924. The van der Waals surface area contributed by atoms with E-state index < -0.39 is 23.8 Å². The van der Waals surface area contributed by atoms with Gasteiger partial charge in [0.25, 0.3) is 11.8 Å². The molecule has 7 heteroatoms. The van der Waals surface area contributed by atoms with Gasteiger partial charge in [0.2, 0.25) is 5.91 Å². The van der Waals surface area contributed by atoms with Gasteiger partial charge in [-0.15, -0.1) is 0 Å². The van der Waals surface area contributed by atoms with Crippen LogP contribution in [0.4, 0.5) is 5.69 Å². The molecule has 1 aliphatic heterocycles. The summed E-state index contributed by atoms with van der Waals surface area (Å²) in [4.78, 5) is 39.5. The number of amides is 3. The summed E-state index contributed by atoms with van der Waals surface area (Å²) in [6.45, 7) is 1.98. The van der Waals surface area contributed by atoms with Gasteiger partial charge in [0.1, 0.15) is 6.04 Å². The number of carbonyl (C=O) groups is 3. The standard InChI is InChI=1S/C20H18Cl2N2O3/c1-2-3-8-17(18(25)23-16-11-12(21)9-10-15(16)22)24-19(26)13-6-4-5-7-14(13)20(24)27/h4-7,9-11,17H,2-3,8H2,1H3,(H,23,25). The Morgan fingerprint density at radius 1 is 1.07 bits per heavy atom. The number of carbonyl (C=O) groups excluding carboxylic acids is 3. The highest BCUT2D eigenvalue weighted by atomic mass is 35.5. The predicted octanol–water partition coefficient (Wildman–Crippen LogP) is 4.79. The third-order valence-corrected chi connectivity index (χ3v) is 5.02. The lowest BCUT2D eigenvalue weighted by Gasteiger charge is -2.25. The van der Waals surface area contributed by atoms with Crippen LogP contribution in [0.15, 0.2) is 42.5 Å². The molecule has 1 aliphatic rings. The van der Waals surface area contributed by atoms with Crippen LogP contribution in [0.3, 0.4) is 0 Å². The molecule has 0 aliphatic carbocycles. The van der Waals surface area contributed by atoms with Crippen LogP contribution in [0.1, 0.15) is 46.9 Å². The van der Waals surface area contributed by atoms with E-state index >= 15 is 0 Å². The second-order valence-electron chi connectivity index (χ2n) is 6.30. The Labute approximate surface area is 167 Å². The van der Waals surface area contributed by atoms with Crippen molar-refractivity contribution in [2.75, 3.05) is 5.32 Å². The number of imide groups is 1. The van der Waals surface area contributed by atoms with Gasteiger partial charge in [0.05, 0.1) is 21.8 Å². The maximum Gasteiger partial charge on any atom is 0.262 e. The van der Waals surface area contributed by atoms with Crippen LogP contribution in [0, 0.1) is 0 Å². The van der Waals surface area contributed by atoms with E-state index in [0.29, 0.717) is 39.7 Å². The summed E-state index contributed by atoms with van der Waals surface area (Å²) in [6, 6.07) is 10.4. The van der Waals surface area contributed by atoms with E-state index in [0.717, 1.165) is 11.3 Å². The number of fused-ring (bicyclic) bond motifs is 1. The maximum absolute atomic E-state index is 13.0. The first-order chi connectivity index (χ1) is 12.9.